The second-order valence-electron chi connectivity index (χ2n) is 6.20. The van der Waals surface area contributed by atoms with E-state index < -0.39 is 0 Å². The number of rotatable bonds is 3. The molecule has 1 N–H and O–H groups in total. The zero-order chi connectivity index (χ0) is 18.0. The topological polar surface area (TPSA) is 36.3 Å². The molecule has 2 heterocycles. The first-order valence-electron chi connectivity index (χ1n) is 8.15. The Kier molecular flexibility index (Phi) is 5.84. The Balaban J connectivity index is 1.53. The first-order valence-corrected chi connectivity index (χ1v) is 9.31. The van der Waals surface area contributed by atoms with Gasteiger partial charge in [0.05, 0.1) is 17.6 Å². The number of thiocarbonyl (C=S) groups is 1. The fourth-order valence-corrected chi connectivity index (χ4v) is 3.58. The van der Waals surface area contributed by atoms with Crippen molar-refractivity contribution in [3.05, 3.63) is 45.7 Å². The molecule has 1 saturated heterocycles. The number of hydrogen-bond donors (Lipinski definition) is 1. The molecule has 0 aliphatic carbocycles. The van der Waals surface area contributed by atoms with Crippen molar-refractivity contribution in [1.29, 1.82) is 0 Å². The van der Waals surface area contributed by atoms with Crippen LogP contribution < -0.4 is 5.32 Å². The lowest BCUT2D eigenvalue weighted by molar-refractivity contribution is 0.177. The van der Waals surface area contributed by atoms with E-state index in [1.807, 2.05) is 30.8 Å². The first kappa shape index (κ1) is 18.5. The van der Waals surface area contributed by atoms with E-state index in [4.69, 9.17) is 35.4 Å². The minimum atomic E-state index is 0.667. The van der Waals surface area contributed by atoms with E-state index in [0.29, 0.717) is 5.02 Å². The van der Waals surface area contributed by atoms with Crippen molar-refractivity contribution in [2.75, 3.05) is 31.5 Å². The van der Waals surface area contributed by atoms with E-state index in [9.17, 15) is 0 Å². The largest absolute Gasteiger partial charge is 0.346 e. The van der Waals surface area contributed by atoms with Gasteiger partial charge in [0.25, 0.3) is 0 Å². The van der Waals surface area contributed by atoms with Crippen molar-refractivity contribution < 1.29 is 0 Å². The van der Waals surface area contributed by atoms with Crippen molar-refractivity contribution in [2.45, 2.75) is 13.5 Å². The zero-order valence-electron chi connectivity index (χ0n) is 14.3. The fourth-order valence-electron chi connectivity index (χ4n) is 2.82. The highest BCUT2D eigenvalue weighted by molar-refractivity contribution is 7.80. The highest BCUT2D eigenvalue weighted by Crippen LogP contribution is 2.23. The van der Waals surface area contributed by atoms with Crippen LogP contribution in [0.5, 0.6) is 0 Å². The molecule has 5 nitrogen and oxygen atoms in total. The van der Waals surface area contributed by atoms with Gasteiger partial charge in [0, 0.05) is 49.8 Å². The van der Waals surface area contributed by atoms with Gasteiger partial charge in [-0.2, -0.15) is 5.10 Å². The van der Waals surface area contributed by atoms with Gasteiger partial charge in [-0.15, -0.1) is 0 Å². The number of anilines is 1. The van der Waals surface area contributed by atoms with Crippen LogP contribution >= 0.6 is 35.4 Å². The number of aryl methyl sites for hydroxylation is 1. The van der Waals surface area contributed by atoms with Gasteiger partial charge in [-0.05, 0) is 36.8 Å². The summed E-state index contributed by atoms with van der Waals surface area (Å²) in [5.41, 5.74) is 3.13. The Hall–Kier alpha value is -1.34. The molecule has 0 spiro atoms. The second-order valence-corrected chi connectivity index (χ2v) is 7.43. The van der Waals surface area contributed by atoms with Gasteiger partial charge in [0.15, 0.2) is 5.11 Å². The second kappa shape index (κ2) is 7.91. The zero-order valence-corrected chi connectivity index (χ0v) is 16.6. The number of halogens is 2. The third kappa shape index (κ3) is 4.44. The molecule has 134 valence electrons. The van der Waals surface area contributed by atoms with Gasteiger partial charge >= 0.3 is 0 Å². The van der Waals surface area contributed by atoms with Crippen molar-refractivity contribution in [1.82, 2.24) is 19.6 Å². The average Bonchev–Trinajstić information content (AvgIpc) is 2.90. The number of piperazine rings is 1. The van der Waals surface area contributed by atoms with Crippen LogP contribution in [0, 0.1) is 6.92 Å². The van der Waals surface area contributed by atoms with E-state index in [0.717, 1.165) is 59.8 Å². The molecule has 8 heteroatoms. The number of hydrogen-bond acceptors (Lipinski definition) is 3. The predicted molar refractivity (Wildman–Crippen MR) is 107 cm³/mol. The van der Waals surface area contributed by atoms with Crippen LogP contribution in [0.1, 0.15) is 11.3 Å². The molecule has 2 aromatic rings. The summed E-state index contributed by atoms with van der Waals surface area (Å²) < 4.78 is 1.83. The number of nitrogens with zero attached hydrogens (tertiary/aromatic N) is 4. The molecular weight excluding hydrogens is 377 g/mol. The maximum atomic E-state index is 6.27. The van der Waals surface area contributed by atoms with Gasteiger partial charge in [0.2, 0.25) is 0 Å². The standard InChI is InChI=1S/C17H21Cl2N5S/c1-12-16(10-20-22(12)2)21-17(25)24-7-5-23(6-8-24)11-13-3-4-14(18)9-15(13)19/h3-4,9-10H,5-8,11H2,1-2H3,(H,21,25). The highest BCUT2D eigenvalue weighted by Gasteiger charge is 2.20. The van der Waals surface area contributed by atoms with Crippen LogP contribution in [-0.4, -0.2) is 50.9 Å². The quantitative estimate of drug-likeness (QED) is 0.801. The van der Waals surface area contributed by atoms with E-state index in [2.05, 4.69) is 20.2 Å². The van der Waals surface area contributed by atoms with Gasteiger partial charge in [0.1, 0.15) is 0 Å². The average molecular weight is 398 g/mol. The lowest BCUT2D eigenvalue weighted by Crippen LogP contribution is -2.49. The highest BCUT2D eigenvalue weighted by atomic mass is 35.5. The molecule has 0 atom stereocenters. The molecule has 0 radical (unpaired) electrons. The van der Waals surface area contributed by atoms with E-state index in [-0.39, 0.29) is 0 Å². The maximum Gasteiger partial charge on any atom is 0.173 e. The minimum Gasteiger partial charge on any atom is -0.346 e. The number of nitrogens with one attached hydrogen (secondary N) is 1. The van der Waals surface area contributed by atoms with Gasteiger partial charge in [-0.3, -0.25) is 9.58 Å². The normalized spacial score (nSPS) is 15.4. The van der Waals surface area contributed by atoms with Crippen LogP contribution in [0.3, 0.4) is 0 Å². The van der Waals surface area contributed by atoms with Gasteiger partial charge in [-0.25, -0.2) is 0 Å². The fraction of sp³-hybridized carbons (Fsp3) is 0.412. The monoisotopic (exact) mass is 397 g/mol. The van der Waals surface area contributed by atoms with Gasteiger partial charge < -0.3 is 10.2 Å². The number of aromatic nitrogens is 2. The lowest BCUT2D eigenvalue weighted by atomic mass is 10.2. The molecule has 1 fully saturated rings. The molecule has 1 aromatic heterocycles. The van der Waals surface area contributed by atoms with Crippen LogP contribution in [0.2, 0.25) is 10.0 Å². The summed E-state index contributed by atoms with van der Waals surface area (Å²) in [5, 5.41) is 9.67. The van der Waals surface area contributed by atoms with E-state index in [1.54, 1.807) is 12.3 Å². The Morgan fingerprint density at radius 1 is 1.24 bits per heavy atom. The summed E-state index contributed by atoms with van der Waals surface area (Å²) in [7, 11) is 1.92. The van der Waals surface area contributed by atoms with Crippen molar-refractivity contribution in [2.24, 2.45) is 7.05 Å². The Morgan fingerprint density at radius 3 is 2.56 bits per heavy atom. The first-order chi connectivity index (χ1) is 11.9. The van der Waals surface area contributed by atoms with E-state index >= 15 is 0 Å². The molecule has 1 aliphatic heterocycles. The summed E-state index contributed by atoms with van der Waals surface area (Å²) in [6.45, 7) is 6.49. The molecule has 0 unspecified atom stereocenters. The molecule has 0 bridgehead atoms. The summed E-state index contributed by atoms with van der Waals surface area (Å²) in [6, 6.07) is 5.67. The summed E-state index contributed by atoms with van der Waals surface area (Å²) in [4.78, 5) is 4.57. The Labute approximate surface area is 163 Å². The molecule has 0 amide bonds. The smallest absolute Gasteiger partial charge is 0.173 e. The number of benzene rings is 1. The third-order valence-electron chi connectivity index (χ3n) is 4.55. The van der Waals surface area contributed by atoms with Crippen molar-refractivity contribution >= 4 is 46.2 Å². The van der Waals surface area contributed by atoms with Crippen LogP contribution in [0.25, 0.3) is 0 Å². The Bertz CT molecular complexity index is 768. The molecule has 1 aromatic carbocycles. The van der Waals surface area contributed by atoms with Crippen molar-refractivity contribution in [3.8, 4) is 0 Å². The summed E-state index contributed by atoms with van der Waals surface area (Å²) in [6.07, 6.45) is 1.81. The molecular formula is C17H21Cl2N5S. The van der Waals surface area contributed by atoms with Gasteiger partial charge in [-0.1, -0.05) is 29.3 Å². The van der Waals surface area contributed by atoms with Crippen LogP contribution in [0.4, 0.5) is 5.69 Å². The molecule has 0 saturated carbocycles. The van der Waals surface area contributed by atoms with Crippen LogP contribution in [0.15, 0.2) is 24.4 Å². The molecule has 3 rings (SSSR count). The van der Waals surface area contributed by atoms with Crippen LogP contribution in [-0.2, 0) is 13.6 Å². The maximum absolute atomic E-state index is 6.27. The third-order valence-corrected chi connectivity index (χ3v) is 5.49. The SMILES string of the molecule is Cc1c(NC(=S)N2CCN(Cc3ccc(Cl)cc3Cl)CC2)cnn1C. The predicted octanol–water partition coefficient (Wildman–Crippen LogP) is 3.55. The minimum absolute atomic E-state index is 0.667. The summed E-state index contributed by atoms with van der Waals surface area (Å²) in [5.74, 6) is 0. The van der Waals surface area contributed by atoms with Crippen molar-refractivity contribution in [3.63, 3.8) is 0 Å². The Morgan fingerprint density at radius 2 is 1.96 bits per heavy atom. The molecule has 25 heavy (non-hydrogen) atoms. The summed E-state index contributed by atoms with van der Waals surface area (Å²) >= 11 is 17.8. The molecule has 1 aliphatic rings. The lowest BCUT2D eigenvalue weighted by Gasteiger charge is -2.36. The van der Waals surface area contributed by atoms with E-state index in [1.165, 1.54) is 0 Å².